The quantitative estimate of drug-likeness (QED) is 0.696. The van der Waals surface area contributed by atoms with Crippen LogP contribution in [0.3, 0.4) is 0 Å². The molecule has 0 saturated heterocycles. The van der Waals surface area contributed by atoms with E-state index in [-0.39, 0.29) is 12.4 Å². The van der Waals surface area contributed by atoms with Gasteiger partial charge in [-0.05, 0) is 24.9 Å². The molecule has 1 aromatic heterocycles. The Balaban J connectivity index is 2.13. The van der Waals surface area contributed by atoms with E-state index in [1.807, 2.05) is 18.2 Å². The van der Waals surface area contributed by atoms with Crippen molar-refractivity contribution in [2.75, 3.05) is 13.2 Å². The summed E-state index contributed by atoms with van der Waals surface area (Å²) in [6.07, 6.45) is 1.73. The molecule has 0 radical (unpaired) electrons. The number of aliphatic hydroxyl groups excluding tert-OH is 1. The fraction of sp³-hybridized carbons (Fsp3) is 0.438. The zero-order chi connectivity index (χ0) is 15.2. The van der Waals surface area contributed by atoms with Crippen LogP contribution in [0.15, 0.2) is 28.7 Å². The summed E-state index contributed by atoms with van der Waals surface area (Å²) in [6.45, 7) is 3.45. The van der Waals surface area contributed by atoms with Crippen LogP contribution in [-0.4, -0.2) is 29.3 Å². The lowest BCUT2D eigenvalue weighted by Crippen LogP contribution is -2.23. The molecule has 21 heavy (non-hydrogen) atoms. The number of aliphatic hydroxyl groups is 1. The van der Waals surface area contributed by atoms with Crippen molar-refractivity contribution in [3.05, 3.63) is 35.6 Å². The molecule has 2 rings (SSSR count). The van der Waals surface area contributed by atoms with Crippen molar-refractivity contribution in [3.8, 4) is 0 Å². The third-order valence-electron chi connectivity index (χ3n) is 3.74. The summed E-state index contributed by atoms with van der Waals surface area (Å²) >= 11 is 0. The van der Waals surface area contributed by atoms with E-state index in [2.05, 4.69) is 12.2 Å². The summed E-state index contributed by atoms with van der Waals surface area (Å²) < 4.78 is 5.41. The van der Waals surface area contributed by atoms with Gasteiger partial charge in [-0.25, -0.2) is 4.79 Å². The molecule has 0 aliphatic carbocycles. The molecule has 0 spiro atoms. The molecule has 1 unspecified atom stereocenters. The lowest BCUT2D eigenvalue weighted by molar-refractivity contribution is 0.0663. The minimum Gasteiger partial charge on any atom is -0.475 e. The Labute approximate surface area is 123 Å². The van der Waals surface area contributed by atoms with Gasteiger partial charge in [0.05, 0.1) is 0 Å². The van der Waals surface area contributed by atoms with Gasteiger partial charge < -0.3 is 19.9 Å². The van der Waals surface area contributed by atoms with Crippen LogP contribution < -0.4 is 5.32 Å². The molecule has 0 fully saturated rings. The SMILES string of the molecule is CCC(CCO)CNCc1c(C(=O)O)oc2ccccc12. The molecule has 0 aliphatic rings. The van der Waals surface area contributed by atoms with E-state index in [4.69, 9.17) is 9.52 Å². The molecule has 0 bridgehead atoms. The van der Waals surface area contributed by atoms with Crippen molar-refractivity contribution in [1.82, 2.24) is 5.32 Å². The van der Waals surface area contributed by atoms with E-state index in [0.717, 1.165) is 24.8 Å². The molecular weight excluding hydrogens is 270 g/mol. The van der Waals surface area contributed by atoms with E-state index in [0.29, 0.717) is 23.6 Å². The highest BCUT2D eigenvalue weighted by Gasteiger charge is 2.19. The number of furan rings is 1. The first-order valence-electron chi connectivity index (χ1n) is 7.22. The second-order valence-corrected chi connectivity index (χ2v) is 5.13. The molecule has 1 atom stereocenters. The third-order valence-corrected chi connectivity index (χ3v) is 3.74. The van der Waals surface area contributed by atoms with Gasteiger partial charge in [0, 0.05) is 24.1 Å². The van der Waals surface area contributed by atoms with Gasteiger partial charge in [0.15, 0.2) is 0 Å². The number of para-hydroxylation sites is 1. The van der Waals surface area contributed by atoms with Crippen molar-refractivity contribution in [3.63, 3.8) is 0 Å². The molecule has 0 saturated carbocycles. The fourth-order valence-corrected chi connectivity index (χ4v) is 2.48. The van der Waals surface area contributed by atoms with Crippen LogP contribution in [0.4, 0.5) is 0 Å². The van der Waals surface area contributed by atoms with Crippen LogP contribution in [0.2, 0.25) is 0 Å². The Morgan fingerprint density at radius 1 is 1.38 bits per heavy atom. The van der Waals surface area contributed by atoms with Crippen molar-refractivity contribution in [2.24, 2.45) is 5.92 Å². The average molecular weight is 291 g/mol. The van der Waals surface area contributed by atoms with Gasteiger partial charge in [-0.2, -0.15) is 0 Å². The standard InChI is InChI=1S/C16H21NO4/c1-2-11(7-8-18)9-17-10-13-12-5-3-4-6-14(12)21-15(13)16(19)20/h3-6,11,17-18H,2,7-10H2,1H3,(H,19,20). The van der Waals surface area contributed by atoms with Gasteiger partial charge in [0.1, 0.15) is 5.58 Å². The van der Waals surface area contributed by atoms with Gasteiger partial charge in [0.25, 0.3) is 0 Å². The zero-order valence-corrected chi connectivity index (χ0v) is 12.1. The highest BCUT2D eigenvalue weighted by molar-refractivity contribution is 5.95. The van der Waals surface area contributed by atoms with Crippen LogP contribution in [0.25, 0.3) is 11.0 Å². The Hall–Kier alpha value is -1.85. The third kappa shape index (κ3) is 3.62. The maximum absolute atomic E-state index is 11.3. The highest BCUT2D eigenvalue weighted by Crippen LogP contribution is 2.25. The minimum absolute atomic E-state index is 0.00101. The lowest BCUT2D eigenvalue weighted by atomic mass is 10.0. The zero-order valence-electron chi connectivity index (χ0n) is 12.1. The van der Waals surface area contributed by atoms with Gasteiger partial charge in [-0.15, -0.1) is 0 Å². The topological polar surface area (TPSA) is 82.7 Å². The second kappa shape index (κ2) is 7.24. The Morgan fingerprint density at radius 2 is 2.14 bits per heavy atom. The first-order valence-corrected chi connectivity index (χ1v) is 7.22. The predicted molar refractivity (Wildman–Crippen MR) is 80.4 cm³/mol. The summed E-state index contributed by atoms with van der Waals surface area (Å²) in [5, 5.41) is 22.3. The molecule has 5 heteroatoms. The summed E-state index contributed by atoms with van der Waals surface area (Å²) in [4.78, 5) is 11.3. The molecular formula is C16H21NO4. The van der Waals surface area contributed by atoms with Crippen molar-refractivity contribution in [1.29, 1.82) is 0 Å². The van der Waals surface area contributed by atoms with Crippen molar-refractivity contribution < 1.29 is 19.4 Å². The largest absolute Gasteiger partial charge is 0.475 e. The van der Waals surface area contributed by atoms with Gasteiger partial charge in [-0.3, -0.25) is 0 Å². The smallest absolute Gasteiger partial charge is 0.372 e. The van der Waals surface area contributed by atoms with E-state index in [9.17, 15) is 9.90 Å². The van der Waals surface area contributed by atoms with Gasteiger partial charge >= 0.3 is 5.97 Å². The first-order chi connectivity index (χ1) is 10.2. The number of carboxylic acids is 1. The van der Waals surface area contributed by atoms with Crippen LogP contribution in [0, 0.1) is 5.92 Å². The van der Waals surface area contributed by atoms with E-state index < -0.39 is 5.97 Å². The molecule has 0 aliphatic heterocycles. The number of nitrogens with one attached hydrogen (secondary N) is 1. The Bertz CT molecular complexity index is 605. The first kappa shape index (κ1) is 15.5. The number of fused-ring (bicyclic) bond motifs is 1. The molecule has 1 heterocycles. The minimum atomic E-state index is -1.05. The summed E-state index contributed by atoms with van der Waals surface area (Å²) in [7, 11) is 0. The maximum atomic E-state index is 11.3. The summed E-state index contributed by atoms with van der Waals surface area (Å²) in [5.41, 5.74) is 1.27. The number of carboxylic acid groups (broad SMARTS) is 1. The number of aromatic carboxylic acids is 1. The van der Waals surface area contributed by atoms with Gasteiger partial charge in [0.2, 0.25) is 5.76 Å². The van der Waals surface area contributed by atoms with Crippen LogP contribution in [0.5, 0.6) is 0 Å². The maximum Gasteiger partial charge on any atom is 0.372 e. The van der Waals surface area contributed by atoms with Gasteiger partial charge in [-0.1, -0.05) is 31.5 Å². The molecule has 0 amide bonds. The van der Waals surface area contributed by atoms with Crippen LogP contribution in [-0.2, 0) is 6.54 Å². The Kier molecular flexibility index (Phi) is 5.36. The molecule has 5 nitrogen and oxygen atoms in total. The summed E-state index contributed by atoms with van der Waals surface area (Å²) in [5.74, 6) is -0.661. The molecule has 2 aromatic rings. The molecule has 1 aromatic carbocycles. The molecule has 114 valence electrons. The van der Waals surface area contributed by atoms with E-state index in [1.54, 1.807) is 6.07 Å². The second-order valence-electron chi connectivity index (χ2n) is 5.13. The fourth-order valence-electron chi connectivity index (χ4n) is 2.48. The summed E-state index contributed by atoms with van der Waals surface area (Å²) in [6, 6.07) is 7.33. The van der Waals surface area contributed by atoms with Crippen LogP contribution >= 0.6 is 0 Å². The monoisotopic (exact) mass is 291 g/mol. The van der Waals surface area contributed by atoms with Crippen molar-refractivity contribution >= 4 is 16.9 Å². The van der Waals surface area contributed by atoms with E-state index >= 15 is 0 Å². The van der Waals surface area contributed by atoms with E-state index in [1.165, 1.54) is 0 Å². The molecule has 3 N–H and O–H groups in total. The number of carbonyl (C=O) groups is 1. The number of hydrogen-bond acceptors (Lipinski definition) is 4. The number of rotatable bonds is 8. The highest BCUT2D eigenvalue weighted by atomic mass is 16.4. The number of benzene rings is 1. The van der Waals surface area contributed by atoms with Crippen molar-refractivity contribution in [2.45, 2.75) is 26.3 Å². The van der Waals surface area contributed by atoms with Crippen LogP contribution in [0.1, 0.15) is 35.9 Å². The Morgan fingerprint density at radius 3 is 2.81 bits per heavy atom. The normalized spacial score (nSPS) is 12.7. The average Bonchev–Trinajstić information content (AvgIpc) is 2.85. The lowest BCUT2D eigenvalue weighted by Gasteiger charge is -2.14. The number of hydrogen-bond donors (Lipinski definition) is 3. The predicted octanol–water partition coefficient (Wildman–Crippen LogP) is 2.63.